The number of likely N-dealkylation sites (tertiary alicyclic amines) is 1. The average Bonchev–Trinajstić information content (AvgIpc) is 3.17. The minimum Gasteiger partial charge on any atom is -0.440 e. The Morgan fingerprint density at radius 2 is 1.75 bits per heavy atom. The molecule has 0 atom stereocenters. The van der Waals surface area contributed by atoms with Crippen molar-refractivity contribution in [2.24, 2.45) is 0 Å². The van der Waals surface area contributed by atoms with Gasteiger partial charge in [0.25, 0.3) is 5.56 Å². The number of aromatic nitrogens is 3. The fraction of sp³-hybridized carbons (Fsp3) is 0.318. The second-order valence-corrected chi connectivity index (χ2v) is 7.49. The second-order valence-electron chi connectivity index (χ2n) is 7.49. The van der Waals surface area contributed by atoms with Gasteiger partial charge in [-0.15, -0.1) is 0 Å². The van der Waals surface area contributed by atoms with Gasteiger partial charge < -0.3 is 4.42 Å². The van der Waals surface area contributed by atoms with E-state index in [4.69, 9.17) is 4.42 Å². The van der Waals surface area contributed by atoms with E-state index >= 15 is 0 Å². The van der Waals surface area contributed by atoms with Gasteiger partial charge in [0.15, 0.2) is 11.5 Å². The first-order valence-corrected chi connectivity index (χ1v) is 9.73. The van der Waals surface area contributed by atoms with E-state index in [1.807, 2.05) is 55.5 Å². The van der Waals surface area contributed by atoms with Gasteiger partial charge in [0, 0.05) is 24.4 Å². The van der Waals surface area contributed by atoms with Gasteiger partial charge in [-0.2, -0.15) is 5.10 Å². The Labute approximate surface area is 162 Å². The predicted molar refractivity (Wildman–Crippen MR) is 108 cm³/mol. The molecule has 142 valence electrons. The lowest BCUT2D eigenvalue weighted by atomic mass is 9.97. The Morgan fingerprint density at radius 1 is 1.04 bits per heavy atom. The summed E-state index contributed by atoms with van der Waals surface area (Å²) in [7, 11) is 0. The minimum atomic E-state index is -0.0257. The van der Waals surface area contributed by atoms with E-state index in [2.05, 4.69) is 15.0 Å². The van der Waals surface area contributed by atoms with Gasteiger partial charge in [0.05, 0.1) is 17.7 Å². The molecule has 0 saturated carbocycles. The molecule has 1 fully saturated rings. The number of oxazole rings is 1. The number of rotatable bonds is 3. The third-order valence-electron chi connectivity index (χ3n) is 5.63. The van der Waals surface area contributed by atoms with E-state index in [1.165, 1.54) is 0 Å². The number of para-hydroxylation sites is 2. The number of fused-ring (bicyclic) bond motifs is 2. The maximum atomic E-state index is 12.8. The average molecular weight is 374 g/mol. The van der Waals surface area contributed by atoms with Crippen LogP contribution in [-0.2, 0) is 6.67 Å². The molecule has 0 amide bonds. The van der Waals surface area contributed by atoms with Crippen LogP contribution in [0.2, 0.25) is 0 Å². The van der Waals surface area contributed by atoms with Crippen LogP contribution in [0.5, 0.6) is 0 Å². The van der Waals surface area contributed by atoms with E-state index in [1.54, 1.807) is 4.68 Å². The smallest absolute Gasteiger partial charge is 0.275 e. The molecule has 0 spiro atoms. The lowest BCUT2D eigenvalue weighted by Crippen LogP contribution is -2.38. The van der Waals surface area contributed by atoms with Crippen LogP contribution < -0.4 is 5.56 Å². The largest absolute Gasteiger partial charge is 0.440 e. The van der Waals surface area contributed by atoms with Crippen molar-refractivity contribution >= 4 is 21.9 Å². The molecule has 2 aromatic carbocycles. The zero-order chi connectivity index (χ0) is 19.1. The normalized spacial score (nSPS) is 16.2. The van der Waals surface area contributed by atoms with E-state index < -0.39 is 0 Å². The van der Waals surface area contributed by atoms with Crippen LogP contribution in [0.25, 0.3) is 21.9 Å². The highest BCUT2D eigenvalue weighted by molar-refractivity contribution is 5.83. The number of piperidine rings is 1. The summed E-state index contributed by atoms with van der Waals surface area (Å²) in [5.74, 6) is 1.16. The summed E-state index contributed by atoms with van der Waals surface area (Å²) in [5.41, 5.74) is 2.63. The summed E-state index contributed by atoms with van der Waals surface area (Å²) in [6, 6.07) is 15.6. The van der Waals surface area contributed by atoms with Gasteiger partial charge in [-0.1, -0.05) is 30.3 Å². The molecule has 2 aromatic heterocycles. The maximum absolute atomic E-state index is 12.8. The van der Waals surface area contributed by atoms with Crippen molar-refractivity contribution in [3.05, 3.63) is 70.5 Å². The van der Waals surface area contributed by atoms with Crippen molar-refractivity contribution in [3.63, 3.8) is 0 Å². The van der Waals surface area contributed by atoms with Crippen LogP contribution in [0.15, 0.2) is 57.7 Å². The molecule has 5 rings (SSSR count). The molecule has 1 aliphatic heterocycles. The van der Waals surface area contributed by atoms with Crippen molar-refractivity contribution in [1.82, 2.24) is 19.7 Å². The first-order valence-electron chi connectivity index (χ1n) is 9.73. The predicted octanol–water partition coefficient (Wildman–Crippen LogP) is 3.68. The third-order valence-corrected chi connectivity index (χ3v) is 5.63. The SMILES string of the molecule is Cc1nn(CN2CCC(c3nc4ccccc4o3)CC2)c(=O)c2ccccc12. The Balaban J connectivity index is 1.32. The Morgan fingerprint density at radius 3 is 2.54 bits per heavy atom. The molecule has 1 saturated heterocycles. The van der Waals surface area contributed by atoms with Crippen molar-refractivity contribution in [1.29, 1.82) is 0 Å². The molecule has 0 unspecified atom stereocenters. The van der Waals surface area contributed by atoms with Crippen LogP contribution in [0, 0.1) is 6.92 Å². The van der Waals surface area contributed by atoms with Crippen LogP contribution in [0.3, 0.4) is 0 Å². The lowest BCUT2D eigenvalue weighted by molar-refractivity contribution is 0.151. The molecule has 1 aliphatic rings. The lowest BCUT2D eigenvalue weighted by Gasteiger charge is -2.30. The Kier molecular flexibility index (Phi) is 4.20. The number of hydrogen-bond donors (Lipinski definition) is 0. The summed E-state index contributed by atoms with van der Waals surface area (Å²) >= 11 is 0. The summed E-state index contributed by atoms with van der Waals surface area (Å²) in [4.78, 5) is 19.7. The van der Waals surface area contributed by atoms with E-state index in [0.29, 0.717) is 12.6 Å². The van der Waals surface area contributed by atoms with E-state index in [9.17, 15) is 4.79 Å². The summed E-state index contributed by atoms with van der Waals surface area (Å²) in [6.45, 7) is 4.26. The van der Waals surface area contributed by atoms with Crippen LogP contribution in [-0.4, -0.2) is 32.8 Å². The number of hydrogen-bond acceptors (Lipinski definition) is 5. The maximum Gasteiger partial charge on any atom is 0.275 e. The van der Waals surface area contributed by atoms with Gasteiger partial charge in [-0.3, -0.25) is 9.69 Å². The van der Waals surface area contributed by atoms with Gasteiger partial charge in [0.2, 0.25) is 0 Å². The third kappa shape index (κ3) is 2.99. The van der Waals surface area contributed by atoms with Gasteiger partial charge in [0.1, 0.15) is 5.52 Å². The van der Waals surface area contributed by atoms with Gasteiger partial charge in [-0.05, 0) is 38.0 Å². The molecular weight excluding hydrogens is 352 g/mol. The monoisotopic (exact) mass is 374 g/mol. The van der Waals surface area contributed by atoms with E-state index in [0.717, 1.165) is 59.4 Å². The summed E-state index contributed by atoms with van der Waals surface area (Å²) in [5, 5.41) is 6.19. The molecule has 0 aliphatic carbocycles. The summed E-state index contributed by atoms with van der Waals surface area (Å²) < 4.78 is 7.54. The first-order chi connectivity index (χ1) is 13.7. The molecule has 3 heterocycles. The molecule has 6 nitrogen and oxygen atoms in total. The number of benzene rings is 2. The van der Waals surface area contributed by atoms with Gasteiger partial charge >= 0.3 is 0 Å². The zero-order valence-electron chi connectivity index (χ0n) is 15.8. The zero-order valence-corrected chi connectivity index (χ0v) is 15.8. The Bertz CT molecular complexity index is 1170. The Hall–Kier alpha value is -2.99. The second kappa shape index (κ2) is 6.87. The standard InChI is InChI=1S/C22H22N4O2/c1-15-17-6-2-3-7-18(17)22(27)26(24-15)14-25-12-10-16(11-13-25)21-23-19-8-4-5-9-20(19)28-21/h2-9,16H,10-14H2,1H3. The topological polar surface area (TPSA) is 64.2 Å². The fourth-order valence-electron chi connectivity index (χ4n) is 4.08. The highest BCUT2D eigenvalue weighted by atomic mass is 16.3. The molecule has 28 heavy (non-hydrogen) atoms. The molecule has 0 N–H and O–H groups in total. The molecule has 0 bridgehead atoms. The van der Waals surface area contributed by atoms with Crippen LogP contribution in [0.4, 0.5) is 0 Å². The van der Waals surface area contributed by atoms with Crippen molar-refractivity contribution in [2.75, 3.05) is 13.1 Å². The fourth-order valence-corrected chi connectivity index (χ4v) is 4.08. The van der Waals surface area contributed by atoms with E-state index in [-0.39, 0.29) is 5.56 Å². The first kappa shape index (κ1) is 17.1. The number of aryl methyl sites for hydroxylation is 1. The highest BCUT2D eigenvalue weighted by Gasteiger charge is 2.25. The van der Waals surface area contributed by atoms with Crippen molar-refractivity contribution in [2.45, 2.75) is 32.4 Å². The summed E-state index contributed by atoms with van der Waals surface area (Å²) in [6.07, 6.45) is 1.93. The molecular formula is C22H22N4O2. The quantitative estimate of drug-likeness (QED) is 0.547. The van der Waals surface area contributed by atoms with Crippen LogP contribution in [0.1, 0.15) is 30.3 Å². The number of nitrogens with zero attached hydrogens (tertiary/aromatic N) is 4. The minimum absolute atomic E-state index is 0.0257. The highest BCUT2D eigenvalue weighted by Crippen LogP contribution is 2.30. The molecule has 4 aromatic rings. The van der Waals surface area contributed by atoms with Crippen molar-refractivity contribution < 1.29 is 4.42 Å². The molecule has 6 heteroatoms. The van der Waals surface area contributed by atoms with Gasteiger partial charge in [-0.25, -0.2) is 9.67 Å². The van der Waals surface area contributed by atoms with Crippen LogP contribution >= 0.6 is 0 Å². The molecule has 0 radical (unpaired) electrons. The van der Waals surface area contributed by atoms with Crippen molar-refractivity contribution in [3.8, 4) is 0 Å².